The van der Waals surface area contributed by atoms with E-state index in [1.165, 1.54) is 103 Å². The van der Waals surface area contributed by atoms with Crippen LogP contribution in [-0.4, -0.2) is 9.52 Å². The molecule has 0 radical (unpaired) electrons. The number of allylic oxidation sites excluding steroid dienone is 2. The van der Waals surface area contributed by atoms with Crippen LogP contribution in [-0.2, 0) is 29.2 Å². The van der Waals surface area contributed by atoms with Gasteiger partial charge in [-0.2, -0.15) is 0 Å². The number of fused-ring (bicyclic) bond motifs is 5. The number of rotatable bonds is 15. The summed E-state index contributed by atoms with van der Waals surface area (Å²) in [5, 5.41) is 3.01. The van der Waals surface area contributed by atoms with Crippen LogP contribution in [0.25, 0.3) is 45.5 Å². The Hall–Kier alpha value is -3.52. The van der Waals surface area contributed by atoms with Gasteiger partial charge < -0.3 is 0 Å². The second-order valence-electron chi connectivity index (χ2n) is 18.7. The monoisotopic (exact) mass is 947 g/mol. The Balaban J connectivity index is 1.40. The molecule has 6 aromatic rings. The van der Waals surface area contributed by atoms with E-state index in [1.807, 2.05) is 0 Å². The SMILES string of the molecule is CCCCC1=Cc2c(ccc(CCC)c2-c2ccccc2C)[CH]1[Zr]([Cl])([Cl])([c]1cccc2c1[SiH2]c1ccccc1-2)[CH]1C(CCCC)=Cc2c1ccc(CCC)c2-c1ccccc1C. The summed E-state index contributed by atoms with van der Waals surface area (Å²) in [6.07, 6.45) is 16.0. The Kier molecular flexibility index (Phi) is 12.6. The first-order valence-electron chi connectivity index (χ1n) is 23.8. The van der Waals surface area contributed by atoms with Gasteiger partial charge in [0.1, 0.15) is 0 Å². The van der Waals surface area contributed by atoms with Crippen molar-refractivity contribution in [3.05, 3.63) is 171 Å². The van der Waals surface area contributed by atoms with Crippen molar-refractivity contribution in [3.8, 4) is 33.4 Å². The molecule has 0 fully saturated rings. The summed E-state index contributed by atoms with van der Waals surface area (Å²) < 4.78 is 1.20. The van der Waals surface area contributed by atoms with E-state index in [1.54, 1.807) is 0 Å². The van der Waals surface area contributed by atoms with Gasteiger partial charge >= 0.3 is 386 Å². The Morgan fingerprint density at radius 3 is 1.44 bits per heavy atom. The van der Waals surface area contributed by atoms with Gasteiger partial charge in [-0.05, 0) is 0 Å². The molecule has 9 rings (SSSR count). The number of benzene rings is 6. The molecule has 2 unspecified atom stereocenters. The maximum atomic E-state index is 9.54. The first-order chi connectivity index (χ1) is 30.1. The third kappa shape index (κ3) is 7.19. The zero-order valence-corrected chi connectivity index (χ0v) is 43.2. The van der Waals surface area contributed by atoms with Crippen LogP contribution in [0, 0.1) is 13.8 Å². The van der Waals surface area contributed by atoms with Crippen molar-refractivity contribution in [2.45, 2.75) is 113 Å². The minimum atomic E-state index is -5.69. The molecular formula is C58H63Cl2SiZr. The molecule has 317 valence electrons. The van der Waals surface area contributed by atoms with Crippen molar-refractivity contribution in [3.63, 3.8) is 0 Å². The van der Waals surface area contributed by atoms with Gasteiger partial charge in [-0.25, -0.2) is 0 Å². The molecule has 0 N–H and O–H groups in total. The van der Waals surface area contributed by atoms with Gasteiger partial charge in [0.05, 0.1) is 0 Å². The second-order valence-corrected chi connectivity index (χ2v) is 41.1. The first kappa shape index (κ1) is 43.7. The van der Waals surface area contributed by atoms with Crippen LogP contribution in [0.3, 0.4) is 0 Å². The number of halogens is 2. The van der Waals surface area contributed by atoms with E-state index in [9.17, 15) is 17.0 Å². The molecule has 0 nitrogen and oxygen atoms in total. The molecule has 3 aliphatic rings. The number of hydrogen-bond donors (Lipinski definition) is 0. The van der Waals surface area contributed by atoms with E-state index in [0.717, 1.165) is 64.2 Å². The van der Waals surface area contributed by atoms with Crippen LogP contribution in [0.15, 0.2) is 126 Å². The van der Waals surface area contributed by atoms with Crippen molar-refractivity contribution < 1.29 is 16.4 Å². The molecule has 2 aliphatic carbocycles. The van der Waals surface area contributed by atoms with Gasteiger partial charge in [0.15, 0.2) is 0 Å². The second kappa shape index (κ2) is 17.8. The van der Waals surface area contributed by atoms with Crippen molar-refractivity contribution in [1.29, 1.82) is 0 Å². The topological polar surface area (TPSA) is 0 Å². The van der Waals surface area contributed by atoms with E-state index in [0.29, 0.717) is 0 Å². The molecule has 2 atom stereocenters. The third-order valence-corrected chi connectivity index (χ3v) is 37.5. The van der Waals surface area contributed by atoms with Crippen LogP contribution < -0.4 is 13.6 Å². The van der Waals surface area contributed by atoms with Crippen LogP contribution in [0.2, 0.25) is 0 Å². The Labute approximate surface area is 383 Å². The van der Waals surface area contributed by atoms with Gasteiger partial charge in [-0.15, -0.1) is 0 Å². The molecule has 6 aromatic carbocycles. The fourth-order valence-electron chi connectivity index (χ4n) is 11.9. The number of aryl methyl sites for hydroxylation is 4. The average molecular weight is 950 g/mol. The van der Waals surface area contributed by atoms with Crippen molar-refractivity contribution >= 4 is 52.3 Å². The maximum absolute atomic E-state index is 9.54. The summed E-state index contributed by atoms with van der Waals surface area (Å²) in [6.45, 7) is 13.8. The molecule has 0 saturated heterocycles. The van der Waals surface area contributed by atoms with Crippen LogP contribution in [0.4, 0.5) is 0 Å². The molecule has 1 aliphatic heterocycles. The van der Waals surface area contributed by atoms with E-state index in [4.69, 9.17) is 0 Å². The summed E-state index contributed by atoms with van der Waals surface area (Å²) >= 11 is -5.69. The van der Waals surface area contributed by atoms with Gasteiger partial charge in [-0.1, -0.05) is 0 Å². The van der Waals surface area contributed by atoms with Crippen LogP contribution >= 0.6 is 17.0 Å². The summed E-state index contributed by atoms with van der Waals surface area (Å²) in [4.78, 5) is 0. The van der Waals surface area contributed by atoms with Crippen LogP contribution in [0.5, 0.6) is 0 Å². The quantitative estimate of drug-likeness (QED) is 0.0899. The molecule has 1 heterocycles. The van der Waals surface area contributed by atoms with Crippen LogP contribution in [0.1, 0.15) is 131 Å². The summed E-state index contributed by atoms with van der Waals surface area (Å²) in [5.41, 5.74) is 22.1. The zero-order valence-electron chi connectivity index (χ0n) is 37.8. The standard InChI is InChI=1S/2C23H27.C12H9Si.2ClH.Zr/c2*1-4-6-11-18-15-20-14-13-19(9-5-2)23(22(20)16-18)21-12-8-7-10-17(21)3;1-3-7-11-9(5-1)10-6-2-4-8-12(10)13-11;;;/h2*7-8,10,12-16H,4-6,9,11H2,1-3H3;1-7H,13H2;2*1H;/q;;;;;+2/p-2. The molecule has 0 saturated carbocycles. The predicted molar refractivity (Wildman–Crippen MR) is 273 cm³/mol. The molecule has 62 heavy (non-hydrogen) atoms. The molecule has 0 aromatic heterocycles. The third-order valence-electron chi connectivity index (χ3n) is 14.7. The molecular weight excluding hydrogens is 887 g/mol. The summed E-state index contributed by atoms with van der Waals surface area (Å²) in [5.74, 6) is 0. The average Bonchev–Trinajstić information content (AvgIpc) is 3.98. The minimum absolute atomic E-state index is 0.0674. The van der Waals surface area contributed by atoms with Gasteiger partial charge in [0.25, 0.3) is 0 Å². The summed E-state index contributed by atoms with van der Waals surface area (Å²) in [7, 11) is 18.2. The molecule has 0 amide bonds. The Morgan fingerprint density at radius 2 is 0.952 bits per heavy atom. The van der Waals surface area contributed by atoms with Crippen molar-refractivity contribution in [2.75, 3.05) is 0 Å². The predicted octanol–water partition coefficient (Wildman–Crippen LogP) is 14.9. The fourth-order valence-corrected chi connectivity index (χ4v) is 39.9. The molecule has 4 heteroatoms. The fraction of sp³-hybridized carbons (Fsp3) is 0.310. The Morgan fingerprint density at radius 1 is 0.484 bits per heavy atom. The molecule has 0 bridgehead atoms. The molecule has 0 spiro atoms. The zero-order chi connectivity index (χ0) is 43.2. The van der Waals surface area contributed by atoms with Gasteiger partial charge in [-0.3, -0.25) is 0 Å². The number of unbranched alkanes of at least 4 members (excludes halogenated alkanes) is 2. The van der Waals surface area contributed by atoms with Crippen molar-refractivity contribution in [2.24, 2.45) is 0 Å². The number of hydrogen-bond acceptors (Lipinski definition) is 0. The summed E-state index contributed by atoms with van der Waals surface area (Å²) in [6, 6.07) is 44.2. The van der Waals surface area contributed by atoms with Gasteiger partial charge in [0, 0.05) is 0 Å². The van der Waals surface area contributed by atoms with Gasteiger partial charge in [0.2, 0.25) is 0 Å². The van der Waals surface area contributed by atoms with E-state index >= 15 is 0 Å². The van der Waals surface area contributed by atoms with E-state index < -0.39 is 25.9 Å². The normalized spacial score (nSPS) is 17.3. The van der Waals surface area contributed by atoms with Crippen molar-refractivity contribution in [1.82, 2.24) is 0 Å². The van der Waals surface area contributed by atoms with E-state index in [-0.39, 0.29) is 7.25 Å². The van der Waals surface area contributed by atoms with E-state index in [2.05, 4.69) is 169 Å². The first-order valence-corrected chi connectivity index (χ1v) is 35.6. The Bertz CT molecular complexity index is 2620.